The second kappa shape index (κ2) is 4.80. The molecule has 0 aliphatic carbocycles. The van der Waals surface area contributed by atoms with E-state index >= 15 is 0 Å². The highest BCUT2D eigenvalue weighted by Crippen LogP contribution is 2.40. The van der Waals surface area contributed by atoms with Crippen LogP contribution in [0.4, 0.5) is 13.2 Å². The van der Waals surface area contributed by atoms with Crippen molar-refractivity contribution in [2.45, 2.75) is 35.0 Å². The average Bonchev–Trinajstić information content (AvgIpc) is 2.29. The van der Waals surface area contributed by atoms with E-state index in [1.54, 1.807) is 0 Å². The van der Waals surface area contributed by atoms with E-state index in [1.807, 2.05) is 0 Å². The predicted molar refractivity (Wildman–Crippen MR) is 49.9 cm³/mol. The number of hydrogen-bond donors (Lipinski definition) is 5. The Bertz CT molecular complexity index is 434. The van der Waals surface area contributed by atoms with Crippen molar-refractivity contribution in [1.82, 2.24) is 0 Å². The highest BCUT2D eigenvalue weighted by Gasteiger charge is 2.68. The molecule has 0 unspecified atom stereocenters. The molecule has 0 radical (unpaired) electrons. The van der Waals surface area contributed by atoms with Crippen molar-refractivity contribution >= 4 is 9.84 Å². The standard InChI is InChI=1S/C7H11F3O8S/c8-7(9,10)19(16,17)6(15)5(14)4(13)3(12)2(1-11)18-6/h2-5,11-15H,1H2/t2-,3-,4+,5+,6+/m1/s1. The molecule has 1 heterocycles. The molecule has 1 rings (SSSR count). The average molecular weight is 312 g/mol. The molecular weight excluding hydrogens is 301 g/mol. The van der Waals surface area contributed by atoms with Crippen LogP contribution in [0.15, 0.2) is 0 Å². The largest absolute Gasteiger partial charge is 0.502 e. The fraction of sp³-hybridized carbons (Fsp3) is 1.00. The van der Waals surface area contributed by atoms with E-state index < -0.39 is 51.5 Å². The Balaban J connectivity index is 3.31. The normalized spacial score (nSPS) is 41.3. The second-order valence-corrected chi connectivity index (χ2v) is 5.90. The minimum absolute atomic E-state index is 1.19. The van der Waals surface area contributed by atoms with Gasteiger partial charge in [0.05, 0.1) is 6.61 Å². The Hall–Kier alpha value is -0.500. The Morgan fingerprint density at radius 1 is 1.16 bits per heavy atom. The lowest BCUT2D eigenvalue weighted by Crippen LogP contribution is -2.69. The quantitative estimate of drug-likeness (QED) is 0.364. The van der Waals surface area contributed by atoms with Crippen molar-refractivity contribution in [3.05, 3.63) is 0 Å². The monoisotopic (exact) mass is 312 g/mol. The molecule has 114 valence electrons. The topological polar surface area (TPSA) is 145 Å². The van der Waals surface area contributed by atoms with Crippen LogP contribution in [-0.2, 0) is 14.6 Å². The van der Waals surface area contributed by atoms with Crippen molar-refractivity contribution in [3.8, 4) is 0 Å². The van der Waals surface area contributed by atoms with Gasteiger partial charge in [-0.05, 0) is 0 Å². The fourth-order valence-electron chi connectivity index (χ4n) is 1.51. The van der Waals surface area contributed by atoms with Crippen molar-refractivity contribution < 1.29 is 51.9 Å². The Labute approximate surface area is 104 Å². The second-order valence-electron chi connectivity index (χ2n) is 3.84. The summed E-state index contributed by atoms with van der Waals surface area (Å²) in [7, 11) is -6.45. The third-order valence-electron chi connectivity index (χ3n) is 2.62. The van der Waals surface area contributed by atoms with Gasteiger partial charge in [-0.3, -0.25) is 0 Å². The summed E-state index contributed by atoms with van der Waals surface area (Å²) in [6, 6.07) is 0. The number of aliphatic hydroxyl groups excluding tert-OH is 4. The zero-order valence-corrected chi connectivity index (χ0v) is 9.84. The van der Waals surface area contributed by atoms with Crippen LogP contribution in [0.25, 0.3) is 0 Å². The van der Waals surface area contributed by atoms with Crippen molar-refractivity contribution in [2.75, 3.05) is 6.61 Å². The van der Waals surface area contributed by atoms with Crippen LogP contribution in [0, 0.1) is 0 Å². The number of rotatable bonds is 2. The van der Waals surface area contributed by atoms with Gasteiger partial charge in [-0.25, -0.2) is 8.42 Å². The minimum atomic E-state index is -6.45. The van der Waals surface area contributed by atoms with Crippen molar-refractivity contribution in [1.29, 1.82) is 0 Å². The number of aliphatic hydroxyl groups is 5. The molecule has 19 heavy (non-hydrogen) atoms. The van der Waals surface area contributed by atoms with Crippen molar-refractivity contribution in [2.24, 2.45) is 0 Å². The maximum atomic E-state index is 12.3. The summed E-state index contributed by atoms with van der Waals surface area (Å²) in [6.07, 6.45) is -9.55. The van der Waals surface area contributed by atoms with Crippen LogP contribution in [0.3, 0.4) is 0 Å². The Morgan fingerprint density at radius 2 is 1.63 bits per heavy atom. The molecule has 5 N–H and O–H groups in total. The van der Waals surface area contributed by atoms with Gasteiger partial charge in [0.2, 0.25) is 0 Å². The van der Waals surface area contributed by atoms with Crippen LogP contribution >= 0.6 is 0 Å². The van der Waals surface area contributed by atoms with E-state index in [0.29, 0.717) is 0 Å². The van der Waals surface area contributed by atoms with Crippen LogP contribution in [0.1, 0.15) is 0 Å². The first-order chi connectivity index (χ1) is 8.40. The number of alkyl halides is 3. The van der Waals surface area contributed by atoms with E-state index in [1.165, 1.54) is 0 Å². The zero-order chi connectivity index (χ0) is 15.2. The SMILES string of the molecule is O=S(=O)(C(F)(F)F)[C@@]1(O)O[C@H](CO)[C@@H](O)[C@H](O)[C@@H]1O. The zero-order valence-electron chi connectivity index (χ0n) is 9.02. The highest BCUT2D eigenvalue weighted by atomic mass is 32.2. The highest BCUT2D eigenvalue weighted by molar-refractivity contribution is 7.93. The van der Waals surface area contributed by atoms with Crippen LogP contribution in [-0.4, -0.2) is 75.6 Å². The van der Waals surface area contributed by atoms with Crippen LogP contribution in [0.2, 0.25) is 0 Å². The molecule has 0 aromatic carbocycles. The van der Waals surface area contributed by atoms with E-state index in [2.05, 4.69) is 4.74 Å². The smallest absolute Gasteiger partial charge is 0.394 e. The molecule has 0 saturated carbocycles. The molecule has 0 amide bonds. The lowest BCUT2D eigenvalue weighted by molar-refractivity contribution is -0.311. The van der Waals surface area contributed by atoms with Gasteiger partial charge in [-0.1, -0.05) is 0 Å². The van der Waals surface area contributed by atoms with E-state index in [9.17, 15) is 42.0 Å². The molecule has 0 aromatic heterocycles. The molecule has 1 aliphatic rings. The Morgan fingerprint density at radius 3 is 2.00 bits per heavy atom. The predicted octanol–water partition coefficient (Wildman–Crippen LogP) is -2.96. The third kappa shape index (κ3) is 2.33. The number of hydrogen-bond acceptors (Lipinski definition) is 8. The molecule has 12 heteroatoms. The molecule has 0 bridgehead atoms. The van der Waals surface area contributed by atoms with E-state index in [-0.39, 0.29) is 0 Å². The van der Waals surface area contributed by atoms with Gasteiger partial charge in [-0.15, -0.1) is 0 Å². The molecule has 8 nitrogen and oxygen atoms in total. The summed E-state index contributed by atoms with van der Waals surface area (Å²) >= 11 is 0. The summed E-state index contributed by atoms with van der Waals surface area (Å²) < 4.78 is 63.3. The molecular formula is C7H11F3O8S. The maximum absolute atomic E-state index is 12.3. The van der Waals surface area contributed by atoms with Crippen molar-refractivity contribution in [3.63, 3.8) is 0 Å². The first kappa shape index (κ1) is 16.6. The van der Waals surface area contributed by atoms with E-state index in [0.717, 1.165) is 0 Å². The van der Waals surface area contributed by atoms with Crippen LogP contribution in [0.5, 0.6) is 0 Å². The molecule has 5 atom stereocenters. The fourth-order valence-corrected chi connectivity index (χ4v) is 2.55. The van der Waals surface area contributed by atoms with Gasteiger partial charge >= 0.3 is 20.5 Å². The molecule has 1 fully saturated rings. The summed E-state index contributed by atoms with van der Waals surface area (Å²) in [5.41, 5.74) is -5.98. The van der Waals surface area contributed by atoms with Crippen LogP contribution < -0.4 is 0 Å². The van der Waals surface area contributed by atoms with Gasteiger partial charge < -0.3 is 30.3 Å². The number of halogens is 3. The summed E-state index contributed by atoms with van der Waals surface area (Å²) in [5, 5.41) is 41.6. The molecule has 1 aliphatic heterocycles. The van der Waals surface area contributed by atoms with Gasteiger partial charge in [-0.2, -0.15) is 13.2 Å². The Kier molecular flexibility index (Phi) is 4.18. The summed E-state index contributed by atoms with van der Waals surface area (Å²) in [4.78, 5) is 0. The lowest BCUT2D eigenvalue weighted by Gasteiger charge is -2.44. The summed E-state index contributed by atoms with van der Waals surface area (Å²) in [5.74, 6) is 0. The molecule has 0 spiro atoms. The van der Waals surface area contributed by atoms with Gasteiger partial charge in [0.15, 0.2) is 6.10 Å². The third-order valence-corrected chi connectivity index (χ3v) is 4.34. The van der Waals surface area contributed by atoms with Gasteiger partial charge in [0.1, 0.15) is 18.3 Å². The summed E-state index contributed by atoms with van der Waals surface area (Å²) in [6.45, 7) is -1.19. The molecule has 1 saturated heterocycles. The lowest BCUT2D eigenvalue weighted by atomic mass is 9.99. The first-order valence-corrected chi connectivity index (χ1v) is 6.24. The van der Waals surface area contributed by atoms with Gasteiger partial charge in [0, 0.05) is 0 Å². The minimum Gasteiger partial charge on any atom is -0.394 e. The number of sulfone groups is 1. The van der Waals surface area contributed by atoms with E-state index in [4.69, 9.17) is 5.11 Å². The maximum Gasteiger partial charge on any atom is 0.502 e. The number of ether oxygens (including phenoxy) is 1. The first-order valence-electron chi connectivity index (χ1n) is 4.76. The molecule has 0 aromatic rings. The van der Waals surface area contributed by atoms with Gasteiger partial charge in [0.25, 0.3) is 0 Å².